The standard InChI is InChI=1S/C19H20N4O2S/c1-11(20)18(24)22-17-19(25)23(2)14-9-5-3-7-12(14)16(21-17)13-8-4-6-10-15(13)26/h3-9,11,17H,10,20H2,1-2H3,(H,22,24)/t11-,17?/m0/s1. The maximum atomic E-state index is 12.9. The molecule has 3 N–H and O–H groups in total. The van der Waals surface area contributed by atoms with Gasteiger partial charge in [-0.2, -0.15) is 0 Å². The highest BCUT2D eigenvalue weighted by Crippen LogP contribution is 2.28. The zero-order valence-electron chi connectivity index (χ0n) is 14.6. The van der Waals surface area contributed by atoms with Crippen LogP contribution in [0.5, 0.6) is 0 Å². The highest BCUT2D eigenvalue weighted by molar-refractivity contribution is 7.81. The number of para-hydroxylation sites is 1. The minimum absolute atomic E-state index is 0.334. The lowest BCUT2D eigenvalue weighted by Crippen LogP contribution is -2.50. The minimum atomic E-state index is -1.06. The van der Waals surface area contributed by atoms with Crippen molar-refractivity contribution in [1.82, 2.24) is 5.32 Å². The van der Waals surface area contributed by atoms with E-state index in [0.717, 1.165) is 16.0 Å². The van der Waals surface area contributed by atoms with Crippen LogP contribution in [0.2, 0.25) is 0 Å². The van der Waals surface area contributed by atoms with E-state index >= 15 is 0 Å². The number of rotatable bonds is 3. The van der Waals surface area contributed by atoms with Crippen LogP contribution in [0, 0.1) is 0 Å². The van der Waals surface area contributed by atoms with Gasteiger partial charge in [0.25, 0.3) is 5.91 Å². The molecular formula is C19H20N4O2S. The number of nitrogens with one attached hydrogen (secondary N) is 1. The molecule has 7 heteroatoms. The Bertz CT molecular complexity index is 870. The number of hydrogen-bond donors (Lipinski definition) is 2. The average molecular weight is 368 g/mol. The van der Waals surface area contributed by atoms with E-state index in [1.807, 2.05) is 42.5 Å². The first-order valence-corrected chi connectivity index (χ1v) is 8.72. The number of benzene rings is 1. The molecule has 0 saturated heterocycles. The summed E-state index contributed by atoms with van der Waals surface area (Å²) in [5.74, 6) is -0.773. The first-order valence-electron chi connectivity index (χ1n) is 8.31. The van der Waals surface area contributed by atoms with Gasteiger partial charge in [0.1, 0.15) is 0 Å². The first-order chi connectivity index (χ1) is 12.4. The number of allylic oxidation sites excluding steroid dienone is 4. The van der Waals surface area contributed by atoms with Crippen LogP contribution >= 0.6 is 12.2 Å². The second-order valence-electron chi connectivity index (χ2n) is 6.23. The van der Waals surface area contributed by atoms with Crippen LogP contribution < -0.4 is 16.0 Å². The summed E-state index contributed by atoms with van der Waals surface area (Å²) in [6.45, 7) is 1.56. The number of carbonyl (C=O) groups excluding carboxylic acids is 2. The Hall–Kier alpha value is -2.64. The summed E-state index contributed by atoms with van der Waals surface area (Å²) in [4.78, 5) is 31.8. The molecule has 26 heavy (non-hydrogen) atoms. The number of hydrogen-bond acceptors (Lipinski definition) is 5. The van der Waals surface area contributed by atoms with Gasteiger partial charge in [-0.1, -0.05) is 48.6 Å². The van der Waals surface area contributed by atoms with Crippen molar-refractivity contribution in [3.8, 4) is 0 Å². The number of amides is 2. The molecule has 0 fully saturated rings. The van der Waals surface area contributed by atoms with Gasteiger partial charge in [0.15, 0.2) is 0 Å². The quantitative estimate of drug-likeness (QED) is 0.792. The summed E-state index contributed by atoms with van der Waals surface area (Å²) in [6.07, 6.45) is 5.37. The highest BCUT2D eigenvalue weighted by Gasteiger charge is 2.32. The van der Waals surface area contributed by atoms with Crippen LogP contribution in [0.1, 0.15) is 18.9 Å². The fourth-order valence-electron chi connectivity index (χ4n) is 2.85. The molecule has 1 aromatic rings. The molecule has 2 atom stereocenters. The highest BCUT2D eigenvalue weighted by atomic mass is 32.1. The predicted octanol–water partition coefficient (Wildman–Crippen LogP) is 1.50. The third-order valence-corrected chi connectivity index (χ3v) is 4.68. The lowest BCUT2D eigenvalue weighted by Gasteiger charge is -2.21. The second-order valence-corrected chi connectivity index (χ2v) is 6.72. The van der Waals surface area contributed by atoms with Gasteiger partial charge in [-0.15, -0.1) is 0 Å². The largest absolute Gasteiger partial charge is 0.325 e. The summed E-state index contributed by atoms with van der Waals surface area (Å²) in [6, 6.07) is 6.75. The van der Waals surface area contributed by atoms with Crippen molar-refractivity contribution in [1.29, 1.82) is 0 Å². The average Bonchev–Trinajstić information content (AvgIpc) is 2.73. The van der Waals surface area contributed by atoms with E-state index in [1.165, 1.54) is 4.90 Å². The van der Waals surface area contributed by atoms with E-state index in [1.54, 1.807) is 14.0 Å². The Morgan fingerprint density at radius 2 is 2.15 bits per heavy atom. The van der Waals surface area contributed by atoms with Gasteiger partial charge in [-0.25, -0.2) is 4.99 Å². The Kier molecular flexibility index (Phi) is 5.11. The normalized spacial score (nSPS) is 20.7. The Morgan fingerprint density at radius 1 is 1.42 bits per heavy atom. The number of nitrogens with two attached hydrogens (primary N) is 1. The van der Waals surface area contributed by atoms with E-state index in [-0.39, 0.29) is 5.91 Å². The number of nitrogens with zero attached hydrogens (tertiary/aromatic N) is 2. The molecule has 2 aliphatic rings. The molecule has 1 aromatic carbocycles. The SMILES string of the molecule is C[C@H](N)C(=O)NC1N=C(C2=CC=CCC2=S)c2ccccc2N(C)C1=O. The number of aliphatic imine (C=N–C) groups is 1. The summed E-state index contributed by atoms with van der Waals surface area (Å²) in [7, 11) is 1.66. The maximum absolute atomic E-state index is 12.9. The lowest BCUT2D eigenvalue weighted by atomic mass is 9.94. The third-order valence-electron chi connectivity index (χ3n) is 4.29. The fourth-order valence-corrected chi connectivity index (χ4v) is 3.11. The number of benzodiazepines with no additional fused rings is 1. The molecule has 1 unspecified atom stereocenters. The maximum Gasteiger partial charge on any atom is 0.272 e. The lowest BCUT2D eigenvalue weighted by molar-refractivity contribution is -0.127. The molecule has 0 radical (unpaired) electrons. The van der Waals surface area contributed by atoms with Crippen LogP contribution in [0.25, 0.3) is 0 Å². The van der Waals surface area contributed by atoms with E-state index in [4.69, 9.17) is 18.0 Å². The molecular weight excluding hydrogens is 348 g/mol. The van der Waals surface area contributed by atoms with Crippen molar-refractivity contribution >= 4 is 40.3 Å². The number of fused-ring (bicyclic) bond motifs is 1. The van der Waals surface area contributed by atoms with E-state index < -0.39 is 18.1 Å². The second kappa shape index (κ2) is 7.31. The summed E-state index contributed by atoms with van der Waals surface area (Å²) >= 11 is 5.50. The Balaban J connectivity index is 2.15. The molecule has 0 aromatic heterocycles. The summed E-state index contributed by atoms with van der Waals surface area (Å²) in [5.41, 5.74) is 8.53. The monoisotopic (exact) mass is 368 g/mol. The van der Waals surface area contributed by atoms with Crippen LogP contribution in [0.3, 0.4) is 0 Å². The Labute approximate surface area is 157 Å². The van der Waals surface area contributed by atoms with Crippen molar-refractivity contribution in [2.24, 2.45) is 10.7 Å². The predicted molar refractivity (Wildman–Crippen MR) is 106 cm³/mol. The molecule has 0 saturated carbocycles. The van der Waals surface area contributed by atoms with Gasteiger partial charge in [0.05, 0.1) is 17.4 Å². The molecule has 1 aliphatic carbocycles. The third kappa shape index (κ3) is 3.36. The molecule has 0 spiro atoms. The van der Waals surface area contributed by atoms with Gasteiger partial charge >= 0.3 is 0 Å². The smallest absolute Gasteiger partial charge is 0.272 e. The first kappa shape index (κ1) is 18.2. The summed E-state index contributed by atoms with van der Waals surface area (Å²) < 4.78 is 0. The van der Waals surface area contributed by atoms with Crippen molar-refractivity contribution in [2.45, 2.75) is 25.6 Å². The molecule has 2 amide bonds. The number of anilines is 1. The van der Waals surface area contributed by atoms with Crippen molar-refractivity contribution < 1.29 is 9.59 Å². The number of carbonyl (C=O) groups is 2. The van der Waals surface area contributed by atoms with Crippen LogP contribution in [-0.2, 0) is 9.59 Å². The molecule has 1 heterocycles. The number of thiocarbonyl (C=S) groups is 1. The fraction of sp³-hybridized carbons (Fsp3) is 0.263. The summed E-state index contributed by atoms with van der Waals surface area (Å²) in [5, 5.41) is 2.63. The zero-order chi connectivity index (χ0) is 18.8. The van der Waals surface area contributed by atoms with E-state index in [9.17, 15) is 9.59 Å². The van der Waals surface area contributed by atoms with Gasteiger partial charge in [0.2, 0.25) is 12.1 Å². The van der Waals surface area contributed by atoms with Crippen LogP contribution in [0.4, 0.5) is 5.69 Å². The molecule has 134 valence electrons. The van der Waals surface area contributed by atoms with Crippen LogP contribution in [-0.4, -0.2) is 41.6 Å². The number of likely N-dealkylation sites (N-methyl/N-ethyl adjacent to an activating group) is 1. The molecule has 1 aliphatic heterocycles. The molecule has 0 bridgehead atoms. The van der Waals surface area contributed by atoms with E-state index in [2.05, 4.69) is 10.3 Å². The minimum Gasteiger partial charge on any atom is -0.325 e. The van der Waals surface area contributed by atoms with Gasteiger partial charge in [-0.05, 0) is 13.0 Å². The topological polar surface area (TPSA) is 87.8 Å². The molecule has 3 rings (SSSR count). The van der Waals surface area contributed by atoms with Crippen molar-refractivity contribution in [2.75, 3.05) is 11.9 Å². The molecule has 6 nitrogen and oxygen atoms in total. The van der Waals surface area contributed by atoms with Crippen molar-refractivity contribution in [3.05, 3.63) is 53.6 Å². The van der Waals surface area contributed by atoms with Gasteiger partial charge < -0.3 is 16.0 Å². The van der Waals surface area contributed by atoms with Gasteiger partial charge in [-0.3, -0.25) is 9.59 Å². The van der Waals surface area contributed by atoms with Crippen LogP contribution in [0.15, 0.2) is 53.1 Å². The van der Waals surface area contributed by atoms with E-state index in [0.29, 0.717) is 17.8 Å². The Morgan fingerprint density at radius 3 is 2.85 bits per heavy atom. The zero-order valence-corrected chi connectivity index (χ0v) is 15.4. The van der Waals surface area contributed by atoms with Gasteiger partial charge in [0, 0.05) is 29.5 Å². The van der Waals surface area contributed by atoms with Crippen molar-refractivity contribution in [3.63, 3.8) is 0 Å².